The molecule has 10 nitrogen and oxygen atoms in total. The van der Waals surface area contributed by atoms with Crippen LogP contribution >= 0.6 is 0 Å². The molecule has 0 saturated heterocycles. The Balaban J connectivity index is 0.00000181. The lowest BCUT2D eigenvalue weighted by atomic mass is 10.1. The second-order valence-electron chi connectivity index (χ2n) is 8.86. The second kappa shape index (κ2) is 19.7. The van der Waals surface area contributed by atoms with Crippen molar-refractivity contribution in [2.75, 3.05) is 38.1 Å². The van der Waals surface area contributed by atoms with Gasteiger partial charge in [0, 0.05) is 32.3 Å². The van der Waals surface area contributed by atoms with Crippen LogP contribution in [0.25, 0.3) is 0 Å². The van der Waals surface area contributed by atoms with Crippen molar-refractivity contribution < 1.29 is 19.4 Å². The molecule has 10 heteroatoms. The van der Waals surface area contributed by atoms with Crippen molar-refractivity contribution in [2.45, 2.75) is 86.1 Å². The van der Waals surface area contributed by atoms with Crippen LogP contribution in [0.1, 0.15) is 77.3 Å². The van der Waals surface area contributed by atoms with E-state index in [0.29, 0.717) is 32.0 Å². The van der Waals surface area contributed by atoms with Gasteiger partial charge in [0.05, 0.1) is 18.1 Å². The SMILES string of the molecule is CC.CC.CC(=O)NC(CCN(CCCCc1ccc2c(n1)NCCC2)CCOc1cnc(C)cn1)C(=O)O. The first kappa shape index (κ1) is 33.8. The molecule has 3 rings (SSSR count). The van der Waals surface area contributed by atoms with Gasteiger partial charge in [-0.1, -0.05) is 33.8 Å². The maximum absolute atomic E-state index is 11.5. The maximum Gasteiger partial charge on any atom is 0.326 e. The quantitative estimate of drug-likeness (QED) is 0.298. The molecule has 2 aromatic heterocycles. The monoisotopic (exact) mass is 544 g/mol. The zero-order chi connectivity index (χ0) is 29.0. The zero-order valence-electron chi connectivity index (χ0n) is 24.6. The highest BCUT2D eigenvalue weighted by Crippen LogP contribution is 2.20. The van der Waals surface area contributed by atoms with Crippen LogP contribution in [0.3, 0.4) is 0 Å². The molecule has 39 heavy (non-hydrogen) atoms. The van der Waals surface area contributed by atoms with Crippen molar-refractivity contribution >= 4 is 17.7 Å². The molecule has 1 amide bonds. The largest absolute Gasteiger partial charge is 0.480 e. The zero-order valence-corrected chi connectivity index (χ0v) is 24.6. The van der Waals surface area contributed by atoms with Gasteiger partial charge in [-0.05, 0) is 63.6 Å². The van der Waals surface area contributed by atoms with Crippen LogP contribution in [0.4, 0.5) is 5.82 Å². The predicted octanol–water partition coefficient (Wildman–Crippen LogP) is 4.27. The standard InChI is InChI=1S/C25H36N6O4.2C2H6/c1-18-16-28-23(17-27-18)35-15-14-31(13-10-22(25(33)34)29-19(2)32)12-4-3-7-21-9-8-20-6-5-11-26-24(20)30-21;2*1-2/h8-9,16-17,22H,3-7,10-15H2,1-2H3,(H,26,30)(H,29,32)(H,33,34);2*1-2H3. The van der Waals surface area contributed by atoms with Crippen molar-refractivity contribution in [1.29, 1.82) is 0 Å². The molecule has 1 unspecified atom stereocenters. The van der Waals surface area contributed by atoms with Crippen molar-refractivity contribution in [3.05, 3.63) is 41.5 Å². The fourth-order valence-electron chi connectivity index (χ4n) is 4.03. The van der Waals surface area contributed by atoms with Gasteiger partial charge in [0.25, 0.3) is 0 Å². The summed E-state index contributed by atoms with van der Waals surface area (Å²) in [5.74, 6) is 0.101. The number of ether oxygens (including phenoxy) is 1. The highest BCUT2D eigenvalue weighted by molar-refractivity contribution is 5.82. The topological polar surface area (TPSA) is 130 Å². The number of fused-ring (bicyclic) bond motifs is 1. The van der Waals surface area contributed by atoms with Gasteiger partial charge in [0.1, 0.15) is 18.5 Å². The Morgan fingerprint density at radius 1 is 1.10 bits per heavy atom. The van der Waals surface area contributed by atoms with E-state index < -0.39 is 12.0 Å². The number of amides is 1. The van der Waals surface area contributed by atoms with Crippen LogP contribution in [0.5, 0.6) is 5.88 Å². The van der Waals surface area contributed by atoms with Gasteiger partial charge >= 0.3 is 5.97 Å². The van der Waals surface area contributed by atoms with Gasteiger partial charge in [-0.15, -0.1) is 0 Å². The minimum absolute atomic E-state index is 0.317. The molecule has 0 fully saturated rings. The van der Waals surface area contributed by atoms with Gasteiger partial charge in [-0.3, -0.25) is 14.7 Å². The van der Waals surface area contributed by atoms with E-state index in [2.05, 4.69) is 37.6 Å². The van der Waals surface area contributed by atoms with E-state index in [1.165, 1.54) is 12.5 Å². The van der Waals surface area contributed by atoms with Crippen molar-refractivity contribution in [3.63, 3.8) is 0 Å². The molecule has 0 radical (unpaired) electrons. The summed E-state index contributed by atoms with van der Waals surface area (Å²) in [6.45, 7) is 14.5. The molecule has 1 aliphatic rings. The maximum atomic E-state index is 11.5. The number of carboxylic acids is 1. The first-order chi connectivity index (χ1) is 18.9. The summed E-state index contributed by atoms with van der Waals surface area (Å²) >= 11 is 0. The fraction of sp³-hybridized carbons (Fsp3) is 0.621. The summed E-state index contributed by atoms with van der Waals surface area (Å²) in [7, 11) is 0. The highest BCUT2D eigenvalue weighted by Gasteiger charge is 2.19. The highest BCUT2D eigenvalue weighted by atomic mass is 16.5. The fourth-order valence-corrected chi connectivity index (χ4v) is 4.03. The smallest absolute Gasteiger partial charge is 0.326 e. The van der Waals surface area contributed by atoms with E-state index in [0.717, 1.165) is 62.4 Å². The number of nitrogens with one attached hydrogen (secondary N) is 2. The minimum Gasteiger partial charge on any atom is -0.480 e. The number of nitrogens with zero attached hydrogens (tertiary/aromatic N) is 4. The number of carboxylic acid groups (broad SMARTS) is 1. The minimum atomic E-state index is -1.03. The van der Waals surface area contributed by atoms with Crippen molar-refractivity contribution in [2.24, 2.45) is 0 Å². The predicted molar refractivity (Wildman–Crippen MR) is 155 cm³/mol. The summed E-state index contributed by atoms with van der Waals surface area (Å²) in [5, 5.41) is 15.3. The molecule has 3 heterocycles. The van der Waals surface area contributed by atoms with Gasteiger partial charge < -0.3 is 20.5 Å². The molecular weight excluding hydrogens is 496 g/mol. The van der Waals surface area contributed by atoms with Crippen LogP contribution in [0.15, 0.2) is 24.5 Å². The molecular formula is C29H48N6O4. The number of aryl methyl sites for hydroxylation is 3. The van der Waals surface area contributed by atoms with E-state index in [-0.39, 0.29) is 5.91 Å². The Bertz CT molecular complexity index is 971. The third-order valence-corrected chi connectivity index (χ3v) is 5.93. The van der Waals surface area contributed by atoms with E-state index in [1.807, 2.05) is 34.6 Å². The van der Waals surface area contributed by atoms with Crippen LogP contribution in [-0.2, 0) is 22.4 Å². The molecule has 3 N–H and O–H groups in total. The molecule has 0 spiro atoms. The average molecular weight is 545 g/mol. The van der Waals surface area contributed by atoms with Crippen molar-refractivity contribution in [3.8, 4) is 5.88 Å². The van der Waals surface area contributed by atoms with E-state index in [1.54, 1.807) is 12.4 Å². The Hall–Kier alpha value is -3.27. The number of unbranched alkanes of at least 4 members (excludes halogenated alkanes) is 1. The number of aromatic nitrogens is 3. The first-order valence-corrected chi connectivity index (χ1v) is 14.3. The van der Waals surface area contributed by atoms with Gasteiger partial charge in [-0.25, -0.2) is 14.8 Å². The van der Waals surface area contributed by atoms with E-state index in [4.69, 9.17) is 9.72 Å². The molecule has 1 aliphatic heterocycles. The summed E-state index contributed by atoms with van der Waals surface area (Å²) in [4.78, 5) is 38.2. The molecule has 0 saturated carbocycles. The molecule has 0 aromatic carbocycles. The number of carbonyl (C=O) groups is 2. The average Bonchev–Trinajstić information content (AvgIpc) is 2.95. The number of hydrogen-bond donors (Lipinski definition) is 3. The summed E-state index contributed by atoms with van der Waals surface area (Å²) < 4.78 is 5.72. The van der Waals surface area contributed by atoms with Crippen LogP contribution < -0.4 is 15.4 Å². The third-order valence-electron chi connectivity index (χ3n) is 5.93. The lowest BCUT2D eigenvalue weighted by molar-refractivity contribution is -0.141. The number of rotatable bonds is 14. The summed E-state index contributed by atoms with van der Waals surface area (Å²) in [5.41, 5.74) is 3.19. The number of hydrogen-bond acceptors (Lipinski definition) is 8. The number of aliphatic carboxylic acids is 1. The lowest BCUT2D eigenvalue weighted by Gasteiger charge is -2.24. The van der Waals surface area contributed by atoms with Crippen LogP contribution in [-0.4, -0.2) is 75.7 Å². The summed E-state index contributed by atoms with van der Waals surface area (Å²) in [6.07, 6.45) is 8.60. The van der Waals surface area contributed by atoms with Crippen LogP contribution in [0.2, 0.25) is 0 Å². The van der Waals surface area contributed by atoms with E-state index in [9.17, 15) is 14.7 Å². The molecule has 2 aromatic rings. The Kier molecular flexibility index (Phi) is 17.1. The summed E-state index contributed by atoms with van der Waals surface area (Å²) in [6, 6.07) is 3.38. The lowest BCUT2D eigenvalue weighted by Crippen LogP contribution is -2.42. The molecule has 0 aliphatic carbocycles. The van der Waals surface area contributed by atoms with Crippen LogP contribution in [0, 0.1) is 6.92 Å². The molecule has 0 bridgehead atoms. The van der Waals surface area contributed by atoms with Gasteiger partial charge in [0.2, 0.25) is 11.8 Å². The van der Waals surface area contributed by atoms with Gasteiger partial charge in [-0.2, -0.15) is 0 Å². The molecule has 1 atom stereocenters. The number of anilines is 1. The molecule has 218 valence electrons. The van der Waals surface area contributed by atoms with E-state index >= 15 is 0 Å². The first-order valence-electron chi connectivity index (χ1n) is 14.3. The Morgan fingerprint density at radius 3 is 2.54 bits per heavy atom. The normalized spacial score (nSPS) is 12.5. The number of carbonyl (C=O) groups excluding carboxylic acids is 1. The second-order valence-corrected chi connectivity index (χ2v) is 8.86. The third kappa shape index (κ3) is 13.4. The Morgan fingerprint density at radius 2 is 1.87 bits per heavy atom. The Labute approximate surface area is 234 Å². The van der Waals surface area contributed by atoms with Gasteiger partial charge in [0.15, 0.2) is 0 Å². The van der Waals surface area contributed by atoms with Crippen molar-refractivity contribution in [1.82, 2.24) is 25.2 Å². The number of pyridine rings is 1.